The fraction of sp³-hybridized carbons (Fsp3) is 0.167. The molecule has 1 nitrogen and oxygen atoms in total. The van der Waals surface area contributed by atoms with E-state index in [1.54, 1.807) is 23.2 Å². The van der Waals surface area contributed by atoms with E-state index in [-0.39, 0.29) is 0 Å². The number of hydrogen-bond acceptors (Lipinski definition) is 1. The van der Waals surface area contributed by atoms with Crippen LogP contribution in [0, 0.1) is 0 Å². The number of halogens is 4. The third-order valence-corrected chi connectivity index (χ3v) is 2.99. The zero-order chi connectivity index (χ0) is 12.5. The minimum atomic E-state index is -4.30. The first-order valence-electron chi connectivity index (χ1n) is 4.94. The second-order valence-corrected chi connectivity index (χ2v) is 4.52. The van der Waals surface area contributed by atoms with E-state index in [2.05, 4.69) is 15.9 Å². The van der Waals surface area contributed by atoms with Crippen LogP contribution in [0.2, 0.25) is 0 Å². The van der Waals surface area contributed by atoms with Gasteiger partial charge in [0.2, 0.25) is 0 Å². The third kappa shape index (κ3) is 2.91. The first-order chi connectivity index (χ1) is 7.97. The highest BCUT2D eigenvalue weighted by molar-refractivity contribution is 9.11. The smallest absolute Gasteiger partial charge is 0.344 e. The van der Waals surface area contributed by atoms with Gasteiger partial charge in [0.15, 0.2) is 0 Å². The lowest BCUT2D eigenvalue weighted by molar-refractivity contribution is -0.137. The standard InChI is InChI=1S/C12H9BrF3N/c13-10-4-6-17(7-5-10)11-3-1-2-9(8-11)12(14,15)16/h1-6,8H,7H2. The highest BCUT2D eigenvalue weighted by atomic mass is 79.9. The normalized spacial score (nSPS) is 16.0. The molecule has 17 heavy (non-hydrogen) atoms. The number of nitrogens with zero attached hydrogens (tertiary/aromatic N) is 1. The van der Waals surface area contributed by atoms with Gasteiger partial charge in [0.05, 0.1) is 5.56 Å². The van der Waals surface area contributed by atoms with Crippen molar-refractivity contribution >= 4 is 21.6 Å². The van der Waals surface area contributed by atoms with Crippen LogP contribution in [0.25, 0.3) is 0 Å². The molecule has 0 aliphatic carbocycles. The highest BCUT2D eigenvalue weighted by Gasteiger charge is 2.30. The van der Waals surface area contributed by atoms with Crippen molar-refractivity contribution < 1.29 is 13.2 Å². The molecule has 0 unspecified atom stereocenters. The molecule has 0 atom stereocenters. The van der Waals surface area contributed by atoms with Gasteiger partial charge in [0.1, 0.15) is 0 Å². The average molecular weight is 304 g/mol. The van der Waals surface area contributed by atoms with Gasteiger partial charge >= 0.3 is 6.18 Å². The molecule has 0 spiro atoms. The number of benzene rings is 1. The first-order valence-corrected chi connectivity index (χ1v) is 5.74. The Labute approximate surface area is 105 Å². The summed E-state index contributed by atoms with van der Waals surface area (Å²) in [6.07, 6.45) is 1.13. The molecule has 5 heteroatoms. The maximum atomic E-state index is 12.5. The summed E-state index contributed by atoms with van der Waals surface area (Å²) in [7, 11) is 0. The second kappa shape index (κ2) is 4.56. The van der Waals surface area contributed by atoms with Crippen LogP contribution >= 0.6 is 15.9 Å². The SMILES string of the molecule is FC(F)(F)c1cccc(N2C=CC(Br)=CC2)c1. The van der Waals surface area contributed by atoms with Crippen LogP contribution in [0.15, 0.2) is 47.1 Å². The summed E-state index contributed by atoms with van der Waals surface area (Å²) in [6, 6.07) is 5.30. The molecule has 0 aromatic heterocycles. The zero-order valence-corrected chi connectivity index (χ0v) is 10.3. The van der Waals surface area contributed by atoms with Gasteiger partial charge in [-0.05, 0) is 24.3 Å². The Morgan fingerprint density at radius 1 is 1.24 bits per heavy atom. The van der Waals surface area contributed by atoms with E-state index in [0.717, 1.165) is 16.6 Å². The van der Waals surface area contributed by atoms with Gasteiger partial charge in [-0.15, -0.1) is 0 Å². The van der Waals surface area contributed by atoms with Crippen molar-refractivity contribution in [3.8, 4) is 0 Å². The summed E-state index contributed by atoms with van der Waals surface area (Å²) < 4.78 is 38.6. The van der Waals surface area contributed by atoms with Gasteiger partial charge in [0, 0.05) is 22.9 Å². The molecule has 1 aromatic carbocycles. The summed E-state index contributed by atoms with van der Waals surface area (Å²) in [5.74, 6) is 0. The van der Waals surface area contributed by atoms with E-state index < -0.39 is 11.7 Å². The maximum absolute atomic E-state index is 12.5. The van der Waals surface area contributed by atoms with E-state index in [1.165, 1.54) is 6.07 Å². The monoisotopic (exact) mass is 303 g/mol. The number of anilines is 1. The van der Waals surface area contributed by atoms with Crippen LogP contribution < -0.4 is 4.90 Å². The van der Waals surface area contributed by atoms with Crippen molar-refractivity contribution in [3.63, 3.8) is 0 Å². The summed E-state index contributed by atoms with van der Waals surface area (Å²) in [4.78, 5) is 1.75. The van der Waals surface area contributed by atoms with Crippen molar-refractivity contribution in [1.29, 1.82) is 0 Å². The fourth-order valence-corrected chi connectivity index (χ4v) is 1.79. The molecule has 1 aromatic rings. The molecule has 1 aliphatic heterocycles. The van der Waals surface area contributed by atoms with Crippen LogP contribution in [0.3, 0.4) is 0 Å². The average Bonchev–Trinajstić information content (AvgIpc) is 2.29. The summed E-state index contributed by atoms with van der Waals surface area (Å²) in [6.45, 7) is 0.554. The lowest BCUT2D eigenvalue weighted by Gasteiger charge is -2.22. The predicted molar refractivity (Wildman–Crippen MR) is 64.9 cm³/mol. The van der Waals surface area contributed by atoms with E-state index in [4.69, 9.17) is 0 Å². The van der Waals surface area contributed by atoms with E-state index in [0.29, 0.717) is 12.2 Å². The largest absolute Gasteiger partial charge is 0.416 e. The van der Waals surface area contributed by atoms with Gasteiger partial charge in [-0.1, -0.05) is 28.1 Å². The minimum Gasteiger partial charge on any atom is -0.344 e. The molecule has 0 bridgehead atoms. The Kier molecular flexibility index (Phi) is 3.28. The lowest BCUT2D eigenvalue weighted by atomic mass is 10.1. The van der Waals surface area contributed by atoms with Crippen LogP contribution in [0.4, 0.5) is 18.9 Å². The molecule has 90 valence electrons. The number of rotatable bonds is 1. The van der Waals surface area contributed by atoms with Crippen LogP contribution in [0.5, 0.6) is 0 Å². The van der Waals surface area contributed by atoms with E-state index in [9.17, 15) is 13.2 Å². The molecule has 2 rings (SSSR count). The molecule has 0 N–H and O–H groups in total. The van der Waals surface area contributed by atoms with Crippen molar-refractivity contribution in [2.24, 2.45) is 0 Å². The van der Waals surface area contributed by atoms with Crippen molar-refractivity contribution in [1.82, 2.24) is 0 Å². The Hall–Kier alpha value is -1.23. The molecule has 0 fully saturated rings. The maximum Gasteiger partial charge on any atom is 0.416 e. The summed E-state index contributed by atoms with van der Waals surface area (Å²) in [5, 5.41) is 0. The van der Waals surface area contributed by atoms with Gasteiger partial charge in [-0.25, -0.2) is 0 Å². The molecule has 0 radical (unpaired) electrons. The van der Waals surface area contributed by atoms with Crippen molar-refractivity contribution in [2.45, 2.75) is 6.18 Å². The van der Waals surface area contributed by atoms with Crippen molar-refractivity contribution in [2.75, 3.05) is 11.4 Å². The lowest BCUT2D eigenvalue weighted by Crippen LogP contribution is -2.18. The van der Waals surface area contributed by atoms with Gasteiger partial charge in [0.25, 0.3) is 0 Å². The van der Waals surface area contributed by atoms with Crippen LogP contribution in [0.1, 0.15) is 5.56 Å². The topological polar surface area (TPSA) is 3.24 Å². The quantitative estimate of drug-likeness (QED) is 0.747. The van der Waals surface area contributed by atoms with E-state index in [1.807, 2.05) is 6.08 Å². The Bertz CT molecular complexity index is 477. The van der Waals surface area contributed by atoms with Gasteiger partial charge < -0.3 is 4.90 Å². The predicted octanol–water partition coefficient (Wildman–Crippen LogP) is 4.32. The van der Waals surface area contributed by atoms with Crippen molar-refractivity contribution in [3.05, 3.63) is 52.7 Å². The summed E-state index contributed by atoms with van der Waals surface area (Å²) >= 11 is 3.30. The van der Waals surface area contributed by atoms with Crippen LogP contribution in [-0.2, 0) is 6.18 Å². The summed E-state index contributed by atoms with van der Waals surface area (Å²) in [5.41, 5.74) is -0.0932. The third-order valence-electron chi connectivity index (χ3n) is 2.40. The Morgan fingerprint density at radius 3 is 2.59 bits per heavy atom. The van der Waals surface area contributed by atoms with Gasteiger partial charge in [-0.2, -0.15) is 13.2 Å². The minimum absolute atomic E-state index is 0.535. The molecular formula is C12H9BrF3N. The second-order valence-electron chi connectivity index (χ2n) is 3.61. The van der Waals surface area contributed by atoms with E-state index >= 15 is 0 Å². The number of hydrogen-bond donors (Lipinski definition) is 0. The fourth-order valence-electron chi connectivity index (χ4n) is 1.53. The Balaban J connectivity index is 2.26. The van der Waals surface area contributed by atoms with Crippen LogP contribution in [-0.4, -0.2) is 6.54 Å². The number of alkyl halides is 3. The Morgan fingerprint density at radius 2 is 2.00 bits per heavy atom. The molecule has 0 amide bonds. The molecule has 0 saturated heterocycles. The van der Waals surface area contributed by atoms with Gasteiger partial charge in [-0.3, -0.25) is 0 Å². The highest BCUT2D eigenvalue weighted by Crippen LogP contribution is 2.32. The molecule has 1 aliphatic rings. The molecule has 1 heterocycles. The molecular weight excluding hydrogens is 295 g/mol. The number of allylic oxidation sites excluding steroid dienone is 2. The molecule has 0 saturated carbocycles. The first kappa shape index (κ1) is 12.2. The zero-order valence-electron chi connectivity index (χ0n) is 8.71.